The SMILES string of the molecule is C/C=C\c1cc(C(O)(C(F)(F)F)C(F)(F)F)c2c(c1OCCCCN1C(=O)NC(CC)(c3ccc4c(c3)OCCO4)C1=O)CCC2. The van der Waals surface area contributed by atoms with Crippen LogP contribution in [0.5, 0.6) is 17.2 Å². The summed E-state index contributed by atoms with van der Waals surface area (Å²) in [6, 6.07) is 5.23. The quantitative estimate of drug-likeness (QED) is 0.177. The minimum atomic E-state index is -6.01. The molecule has 5 rings (SSSR count). The van der Waals surface area contributed by atoms with E-state index in [4.69, 9.17) is 14.2 Å². The fourth-order valence-electron chi connectivity index (χ4n) is 6.36. The lowest BCUT2D eigenvalue weighted by Gasteiger charge is -2.34. The number of benzene rings is 2. The van der Waals surface area contributed by atoms with Crippen LogP contribution < -0.4 is 19.5 Å². The normalized spacial score (nSPS) is 20.0. The molecule has 2 aromatic rings. The number of ether oxygens (including phenoxy) is 3. The summed E-state index contributed by atoms with van der Waals surface area (Å²) in [4.78, 5) is 27.6. The Hall–Kier alpha value is -3.94. The Labute approximate surface area is 261 Å². The number of amides is 3. The first-order valence-electron chi connectivity index (χ1n) is 15.0. The topological polar surface area (TPSA) is 97.3 Å². The van der Waals surface area contributed by atoms with Crippen molar-refractivity contribution >= 4 is 18.0 Å². The molecule has 2 N–H and O–H groups in total. The number of allylic oxidation sites excluding steroid dienone is 1. The molecule has 3 amide bonds. The Morgan fingerprint density at radius 3 is 2.33 bits per heavy atom. The summed E-state index contributed by atoms with van der Waals surface area (Å²) in [7, 11) is 0. The van der Waals surface area contributed by atoms with E-state index in [0.717, 1.165) is 4.90 Å². The molecule has 0 aromatic heterocycles. The van der Waals surface area contributed by atoms with Gasteiger partial charge in [-0.3, -0.25) is 9.69 Å². The van der Waals surface area contributed by atoms with Crippen LogP contribution in [-0.4, -0.2) is 60.7 Å². The average Bonchev–Trinajstić information content (AvgIpc) is 3.59. The molecular formula is C32H34F6N2O6. The number of hydrogen-bond acceptors (Lipinski definition) is 6. The zero-order valence-electron chi connectivity index (χ0n) is 25.2. The summed E-state index contributed by atoms with van der Waals surface area (Å²) >= 11 is 0. The molecule has 0 radical (unpaired) electrons. The number of nitrogens with one attached hydrogen (secondary N) is 1. The molecule has 250 valence electrons. The third-order valence-electron chi connectivity index (χ3n) is 8.70. The Morgan fingerprint density at radius 2 is 1.67 bits per heavy atom. The van der Waals surface area contributed by atoms with E-state index in [9.17, 15) is 41.0 Å². The van der Waals surface area contributed by atoms with Crippen LogP contribution in [-0.2, 0) is 28.8 Å². The minimum absolute atomic E-state index is 0.0177. The van der Waals surface area contributed by atoms with Gasteiger partial charge in [-0.25, -0.2) is 4.79 Å². The molecule has 1 unspecified atom stereocenters. The van der Waals surface area contributed by atoms with Gasteiger partial charge in [0, 0.05) is 17.7 Å². The zero-order chi connectivity index (χ0) is 33.5. The van der Waals surface area contributed by atoms with Crippen LogP contribution in [0.15, 0.2) is 30.3 Å². The highest BCUT2D eigenvalue weighted by molar-refractivity contribution is 6.07. The van der Waals surface area contributed by atoms with E-state index in [1.165, 1.54) is 12.2 Å². The van der Waals surface area contributed by atoms with Crippen LogP contribution >= 0.6 is 0 Å². The summed E-state index contributed by atoms with van der Waals surface area (Å²) in [6.45, 7) is 4.17. The number of imide groups is 1. The van der Waals surface area contributed by atoms with Gasteiger partial charge in [0.25, 0.3) is 11.5 Å². The van der Waals surface area contributed by atoms with Crippen molar-refractivity contribution in [3.63, 3.8) is 0 Å². The predicted octanol–water partition coefficient (Wildman–Crippen LogP) is 6.31. The second-order valence-corrected chi connectivity index (χ2v) is 11.4. The van der Waals surface area contributed by atoms with Gasteiger partial charge in [0.15, 0.2) is 11.5 Å². The van der Waals surface area contributed by atoms with Crippen molar-refractivity contribution in [1.29, 1.82) is 0 Å². The van der Waals surface area contributed by atoms with E-state index in [1.54, 1.807) is 32.0 Å². The highest BCUT2D eigenvalue weighted by Crippen LogP contribution is 2.53. The third kappa shape index (κ3) is 5.54. The number of nitrogens with zero attached hydrogens (tertiary/aromatic N) is 1. The number of halogens is 6. The van der Waals surface area contributed by atoms with E-state index >= 15 is 0 Å². The molecule has 1 aliphatic carbocycles. The lowest BCUT2D eigenvalue weighted by atomic mass is 9.84. The van der Waals surface area contributed by atoms with Gasteiger partial charge in [0.1, 0.15) is 24.5 Å². The average molecular weight is 657 g/mol. The molecular weight excluding hydrogens is 622 g/mol. The summed E-state index contributed by atoms with van der Waals surface area (Å²) in [5, 5.41) is 13.0. The molecule has 2 aromatic carbocycles. The number of rotatable bonds is 10. The van der Waals surface area contributed by atoms with Crippen molar-refractivity contribution in [2.75, 3.05) is 26.4 Å². The van der Waals surface area contributed by atoms with Crippen LogP contribution in [0, 0.1) is 0 Å². The second kappa shape index (κ2) is 12.3. The molecule has 46 heavy (non-hydrogen) atoms. The molecule has 3 aliphatic rings. The molecule has 1 fully saturated rings. The molecule has 1 saturated heterocycles. The van der Waals surface area contributed by atoms with E-state index in [-0.39, 0.29) is 54.9 Å². The fourth-order valence-corrected chi connectivity index (χ4v) is 6.36. The maximum Gasteiger partial charge on any atom is 0.430 e. The molecule has 0 saturated carbocycles. The highest BCUT2D eigenvalue weighted by Gasteiger charge is 2.72. The molecule has 2 aliphatic heterocycles. The molecule has 0 bridgehead atoms. The first kappa shape index (κ1) is 33.4. The van der Waals surface area contributed by atoms with E-state index in [0.29, 0.717) is 55.6 Å². The van der Waals surface area contributed by atoms with E-state index in [2.05, 4.69) is 5.32 Å². The van der Waals surface area contributed by atoms with Crippen LogP contribution in [0.2, 0.25) is 0 Å². The summed E-state index contributed by atoms with van der Waals surface area (Å²) in [5.74, 6) is 0.750. The summed E-state index contributed by atoms with van der Waals surface area (Å²) in [5.41, 5.74) is -7.07. The number of alkyl halides is 6. The summed E-state index contributed by atoms with van der Waals surface area (Å²) < 4.78 is 99.9. The van der Waals surface area contributed by atoms with E-state index in [1.807, 2.05) is 0 Å². The van der Waals surface area contributed by atoms with Crippen molar-refractivity contribution < 1.29 is 55.2 Å². The van der Waals surface area contributed by atoms with Crippen LogP contribution in [0.25, 0.3) is 6.08 Å². The standard InChI is InChI=1S/C32H34F6N2O6/c1-3-8-19-17-23(30(43,31(33,34)35)32(36,37)38)21-9-7-10-22(21)26(19)46-14-6-5-13-40-27(41)29(4-2,39-28(40)42)20-11-12-24-25(18-20)45-16-15-44-24/h3,8,11-12,17-18,43H,4-7,9-10,13-16H2,1-2H3,(H,39,42)/b8-3-. The van der Waals surface area contributed by atoms with Gasteiger partial charge in [-0.2, -0.15) is 26.3 Å². The monoisotopic (exact) mass is 656 g/mol. The summed E-state index contributed by atoms with van der Waals surface area (Å²) in [6.07, 6.45) is -7.92. The van der Waals surface area contributed by atoms with E-state index < -0.39 is 41.0 Å². The van der Waals surface area contributed by atoms with Crippen molar-refractivity contribution in [2.45, 2.75) is 75.9 Å². The fraction of sp³-hybridized carbons (Fsp3) is 0.500. The predicted molar refractivity (Wildman–Crippen MR) is 154 cm³/mol. The zero-order valence-corrected chi connectivity index (χ0v) is 25.2. The van der Waals surface area contributed by atoms with Gasteiger partial charge in [-0.1, -0.05) is 25.1 Å². The lowest BCUT2D eigenvalue weighted by molar-refractivity contribution is -0.376. The molecule has 0 spiro atoms. The Balaban J connectivity index is 1.30. The molecule has 14 heteroatoms. The Bertz CT molecular complexity index is 1520. The van der Waals surface area contributed by atoms with Gasteiger partial charge in [-0.05, 0) is 80.3 Å². The maximum absolute atomic E-state index is 13.8. The number of carbonyl (C=O) groups is 2. The number of urea groups is 1. The number of hydrogen-bond donors (Lipinski definition) is 2. The number of unbranched alkanes of at least 4 members (excludes halogenated alkanes) is 1. The molecule has 1 atom stereocenters. The van der Waals surface area contributed by atoms with Gasteiger partial charge >= 0.3 is 18.4 Å². The highest BCUT2D eigenvalue weighted by atomic mass is 19.4. The van der Waals surface area contributed by atoms with Crippen molar-refractivity contribution in [2.24, 2.45) is 0 Å². The maximum atomic E-state index is 13.8. The molecule has 8 nitrogen and oxygen atoms in total. The smallest absolute Gasteiger partial charge is 0.430 e. The van der Waals surface area contributed by atoms with Crippen LogP contribution in [0.3, 0.4) is 0 Å². The molecule has 2 heterocycles. The second-order valence-electron chi connectivity index (χ2n) is 11.4. The Morgan fingerprint density at radius 1 is 1.00 bits per heavy atom. The number of aliphatic hydroxyl groups is 1. The lowest BCUT2D eigenvalue weighted by Crippen LogP contribution is -2.54. The number of fused-ring (bicyclic) bond motifs is 2. The van der Waals surface area contributed by atoms with Crippen LogP contribution in [0.1, 0.15) is 67.3 Å². The first-order valence-corrected chi connectivity index (χ1v) is 15.0. The van der Waals surface area contributed by atoms with Crippen LogP contribution in [0.4, 0.5) is 31.1 Å². The van der Waals surface area contributed by atoms with Gasteiger partial charge < -0.3 is 24.6 Å². The largest absolute Gasteiger partial charge is 0.493 e. The Kier molecular flexibility index (Phi) is 8.97. The first-order chi connectivity index (χ1) is 21.7. The van der Waals surface area contributed by atoms with Gasteiger partial charge in [-0.15, -0.1) is 0 Å². The minimum Gasteiger partial charge on any atom is -0.493 e. The van der Waals surface area contributed by atoms with Crippen molar-refractivity contribution in [3.05, 3.63) is 58.2 Å². The van der Waals surface area contributed by atoms with Gasteiger partial charge in [0.05, 0.1) is 6.61 Å². The van der Waals surface area contributed by atoms with Gasteiger partial charge in [0.2, 0.25) is 0 Å². The third-order valence-corrected chi connectivity index (χ3v) is 8.70. The van der Waals surface area contributed by atoms with Crippen molar-refractivity contribution in [1.82, 2.24) is 10.2 Å². The van der Waals surface area contributed by atoms with Crippen molar-refractivity contribution in [3.8, 4) is 17.2 Å². The number of carbonyl (C=O) groups excluding carboxylic acids is 2.